The number of amides is 1. The van der Waals surface area contributed by atoms with Crippen LogP contribution in [0, 0.1) is 6.92 Å². The molecule has 0 saturated heterocycles. The van der Waals surface area contributed by atoms with Gasteiger partial charge in [-0.05, 0) is 30.2 Å². The maximum Gasteiger partial charge on any atom is 0.228 e. The van der Waals surface area contributed by atoms with E-state index in [1.165, 1.54) is 0 Å². The van der Waals surface area contributed by atoms with E-state index in [4.69, 9.17) is 0 Å². The Balaban J connectivity index is 1.74. The molecule has 1 N–H and O–H groups in total. The van der Waals surface area contributed by atoms with Gasteiger partial charge in [0, 0.05) is 18.3 Å². The molecule has 23 heavy (non-hydrogen) atoms. The van der Waals surface area contributed by atoms with E-state index < -0.39 is 0 Å². The van der Waals surface area contributed by atoms with Gasteiger partial charge in [-0.15, -0.1) is 10.2 Å². The Morgan fingerprint density at radius 2 is 2.00 bits per heavy atom. The normalized spacial score (nSPS) is 10.5. The van der Waals surface area contributed by atoms with Crippen molar-refractivity contribution in [2.24, 2.45) is 7.05 Å². The quantitative estimate of drug-likeness (QED) is 0.806. The molecule has 2 aromatic carbocycles. The van der Waals surface area contributed by atoms with Gasteiger partial charge in [0.05, 0.1) is 6.42 Å². The molecule has 0 aliphatic carbocycles. The van der Waals surface area contributed by atoms with Crippen molar-refractivity contribution < 1.29 is 4.79 Å². The van der Waals surface area contributed by atoms with Crippen molar-refractivity contribution in [2.45, 2.75) is 13.3 Å². The Labute approximate surface area is 135 Å². The van der Waals surface area contributed by atoms with Crippen LogP contribution < -0.4 is 5.32 Å². The first kappa shape index (κ1) is 15.0. The maximum absolute atomic E-state index is 12.3. The molecule has 116 valence electrons. The minimum atomic E-state index is -0.0329. The van der Waals surface area contributed by atoms with Crippen molar-refractivity contribution in [2.75, 3.05) is 5.32 Å². The average molecular weight is 306 g/mol. The van der Waals surface area contributed by atoms with Crippen LogP contribution in [0.1, 0.15) is 11.1 Å². The van der Waals surface area contributed by atoms with Crippen molar-refractivity contribution in [3.05, 3.63) is 66.0 Å². The third-order valence-corrected chi connectivity index (χ3v) is 3.73. The molecule has 0 aliphatic heterocycles. The molecule has 1 aromatic heterocycles. The molecule has 0 fully saturated rings. The third kappa shape index (κ3) is 3.45. The SMILES string of the molecule is Cc1ccccc1CC(=O)Nc1cccc(-c2nncn2C)c1. The first-order valence-electron chi connectivity index (χ1n) is 7.42. The van der Waals surface area contributed by atoms with Crippen LogP contribution in [0.25, 0.3) is 11.4 Å². The fraction of sp³-hybridized carbons (Fsp3) is 0.167. The molecule has 0 radical (unpaired) electrons. The van der Waals surface area contributed by atoms with Crippen LogP contribution in [0.4, 0.5) is 5.69 Å². The van der Waals surface area contributed by atoms with Gasteiger partial charge in [-0.3, -0.25) is 4.79 Å². The number of anilines is 1. The predicted molar refractivity (Wildman–Crippen MR) is 90.0 cm³/mol. The summed E-state index contributed by atoms with van der Waals surface area (Å²) in [4.78, 5) is 12.3. The molecular formula is C18H18N4O. The van der Waals surface area contributed by atoms with E-state index in [1.54, 1.807) is 6.33 Å². The lowest BCUT2D eigenvalue weighted by Gasteiger charge is -2.09. The second-order valence-electron chi connectivity index (χ2n) is 5.50. The van der Waals surface area contributed by atoms with E-state index >= 15 is 0 Å². The van der Waals surface area contributed by atoms with Crippen LogP contribution in [0.5, 0.6) is 0 Å². The van der Waals surface area contributed by atoms with Crippen LogP contribution >= 0.6 is 0 Å². The Hall–Kier alpha value is -2.95. The van der Waals surface area contributed by atoms with Gasteiger partial charge in [0.2, 0.25) is 5.91 Å². The molecule has 0 aliphatic rings. The van der Waals surface area contributed by atoms with Crippen molar-refractivity contribution >= 4 is 11.6 Å². The highest BCUT2D eigenvalue weighted by Crippen LogP contribution is 2.20. The molecule has 0 bridgehead atoms. The number of hydrogen-bond acceptors (Lipinski definition) is 3. The summed E-state index contributed by atoms with van der Waals surface area (Å²) in [6.45, 7) is 2.01. The first-order chi connectivity index (χ1) is 11.1. The summed E-state index contributed by atoms with van der Waals surface area (Å²) in [5, 5.41) is 10.9. The zero-order chi connectivity index (χ0) is 16.2. The molecule has 0 saturated carbocycles. The first-order valence-corrected chi connectivity index (χ1v) is 7.42. The number of nitrogens with one attached hydrogen (secondary N) is 1. The van der Waals surface area contributed by atoms with E-state index in [2.05, 4.69) is 15.5 Å². The number of aryl methyl sites for hydroxylation is 2. The number of rotatable bonds is 4. The van der Waals surface area contributed by atoms with Gasteiger partial charge in [0.15, 0.2) is 5.82 Å². The highest BCUT2D eigenvalue weighted by atomic mass is 16.1. The summed E-state index contributed by atoms with van der Waals surface area (Å²) >= 11 is 0. The molecule has 0 unspecified atom stereocenters. The molecule has 5 nitrogen and oxygen atoms in total. The van der Waals surface area contributed by atoms with E-state index in [0.29, 0.717) is 6.42 Å². The number of aromatic nitrogens is 3. The fourth-order valence-corrected chi connectivity index (χ4v) is 2.47. The van der Waals surface area contributed by atoms with Gasteiger partial charge < -0.3 is 9.88 Å². The number of nitrogens with zero attached hydrogens (tertiary/aromatic N) is 3. The Morgan fingerprint density at radius 3 is 2.74 bits per heavy atom. The number of carbonyl (C=O) groups is 1. The topological polar surface area (TPSA) is 59.8 Å². The third-order valence-electron chi connectivity index (χ3n) is 3.73. The lowest BCUT2D eigenvalue weighted by atomic mass is 10.1. The van der Waals surface area contributed by atoms with Gasteiger partial charge in [0.25, 0.3) is 0 Å². The summed E-state index contributed by atoms with van der Waals surface area (Å²) in [6, 6.07) is 15.5. The van der Waals surface area contributed by atoms with E-state index in [-0.39, 0.29) is 5.91 Å². The molecule has 5 heteroatoms. The van der Waals surface area contributed by atoms with E-state index in [0.717, 1.165) is 28.2 Å². The molecule has 3 rings (SSSR count). The monoisotopic (exact) mass is 306 g/mol. The molecule has 0 spiro atoms. The fourth-order valence-electron chi connectivity index (χ4n) is 2.47. The Morgan fingerprint density at radius 1 is 1.17 bits per heavy atom. The van der Waals surface area contributed by atoms with Crippen molar-refractivity contribution in [3.8, 4) is 11.4 Å². The summed E-state index contributed by atoms with van der Waals surface area (Å²) in [7, 11) is 1.89. The Bertz CT molecular complexity index is 838. The van der Waals surface area contributed by atoms with Crippen LogP contribution in [0.3, 0.4) is 0 Å². The largest absolute Gasteiger partial charge is 0.326 e. The van der Waals surface area contributed by atoms with Gasteiger partial charge >= 0.3 is 0 Å². The van der Waals surface area contributed by atoms with Gasteiger partial charge in [-0.1, -0.05) is 36.4 Å². The number of hydrogen-bond donors (Lipinski definition) is 1. The average Bonchev–Trinajstić information content (AvgIpc) is 2.96. The van der Waals surface area contributed by atoms with E-state index in [9.17, 15) is 4.79 Å². The highest BCUT2D eigenvalue weighted by Gasteiger charge is 2.08. The lowest BCUT2D eigenvalue weighted by Crippen LogP contribution is -2.15. The summed E-state index contributed by atoms with van der Waals surface area (Å²) in [5.41, 5.74) is 3.83. The van der Waals surface area contributed by atoms with Crippen LogP contribution in [-0.4, -0.2) is 20.7 Å². The van der Waals surface area contributed by atoms with Gasteiger partial charge in [0.1, 0.15) is 6.33 Å². The second-order valence-corrected chi connectivity index (χ2v) is 5.50. The molecule has 1 amide bonds. The smallest absolute Gasteiger partial charge is 0.228 e. The second kappa shape index (κ2) is 6.44. The van der Waals surface area contributed by atoms with Crippen LogP contribution in [0.2, 0.25) is 0 Å². The van der Waals surface area contributed by atoms with Gasteiger partial charge in [-0.25, -0.2) is 0 Å². The maximum atomic E-state index is 12.3. The predicted octanol–water partition coefficient (Wildman–Crippen LogP) is 2.97. The molecule has 0 atom stereocenters. The molecule has 3 aromatic rings. The minimum Gasteiger partial charge on any atom is -0.326 e. The lowest BCUT2D eigenvalue weighted by molar-refractivity contribution is -0.115. The van der Waals surface area contributed by atoms with E-state index in [1.807, 2.05) is 67.1 Å². The molecular weight excluding hydrogens is 288 g/mol. The van der Waals surface area contributed by atoms with Crippen molar-refractivity contribution in [1.82, 2.24) is 14.8 Å². The van der Waals surface area contributed by atoms with Crippen LogP contribution in [-0.2, 0) is 18.3 Å². The standard InChI is InChI=1S/C18H18N4O/c1-13-6-3-4-7-14(13)11-17(23)20-16-9-5-8-15(10-16)18-21-19-12-22(18)2/h3-10,12H,11H2,1-2H3,(H,20,23). The summed E-state index contributed by atoms with van der Waals surface area (Å²) < 4.78 is 1.84. The molecule has 1 heterocycles. The summed E-state index contributed by atoms with van der Waals surface area (Å²) in [6.07, 6.45) is 2.01. The highest BCUT2D eigenvalue weighted by molar-refractivity contribution is 5.93. The number of carbonyl (C=O) groups excluding carboxylic acids is 1. The van der Waals surface area contributed by atoms with Crippen LogP contribution in [0.15, 0.2) is 54.9 Å². The Kier molecular flexibility index (Phi) is 4.19. The number of benzene rings is 2. The minimum absolute atomic E-state index is 0.0329. The van der Waals surface area contributed by atoms with Crippen molar-refractivity contribution in [3.63, 3.8) is 0 Å². The van der Waals surface area contributed by atoms with Gasteiger partial charge in [-0.2, -0.15) is 0 Å². The zero-order valence-corrected chi connectivity index (χ0v) is 13.2. The van der Waals surface area contributed by atoms with Crippen molar-refractivity contribution in [1.29, 1.82) is 0 Å². The zero-order valence-electron chi connectivity index (χ0n) is 13.2. The summed E-state index contributed by atoms with van der Waals surface area (Å²) in [5.74, 6) is 0.731.